The summed E-state index contributed by atoms with van der Waals surface area (Å²) < 4.78 is 12.3. The van der Waals surface area contributed by atoms with Gasteiger partial charge in [0.15, 0.2) is 0 Å². The number of benzene rings is 11. The Morgan fingerprint density at radius 3 is 0.805 bits per heavy atom. The number of para-hydroxylation sites is 4. The summed E-state index contributed by atoms with van der Waals surface area (Å²) in [5.41, 5.74) is 18.6. The highest BCUT2D eigenvalue weighted by molar-refractivity contribution is 5.92. The number of rotatable bonds is 14. The van der Waals surface area contributed by atoms with Gasteiger partial charge in [0.25, 0.3) is 0 Å². The molecule has 3 aromatic heterocycles. The van der Waals surface area contributed by atoms with Crippen molar-refractivity contribution in [2.45, 2.75) is 0 Å². The molecule has 0 fully saturated rings. The van der Waals surface area contributed by atoms with Gasteiger partial charge in [-0.05, 0) is 132 Å². The van der Waals surface area contributed by atoms with Crippen LogP contribution in [0.5, 0.6) is 0 Å². The van der Waals surface area contributed by atoms with Gasteiger partial charge in [-0.25, -0.2) is 9.97 Å². The Labute approximate surface area is 473 Å². The standard InChI is InChI=1S/C72H48N8O2/c1-5-19-49(20-6-1)61-27-13-17-31-65(61)79(59-45-37-55(38-46-59)71-77-75-69(81-71)53-23-9-3-10-24-53)57-41-33-51(34-42-57)67-68(74-64-30-16-15-29-63(64)73-67)52-35-43-58(44-36-52)80(66-32-18-14-28-62(66)50-21-7-2-8-22-50)60-47-39-56(40-48-60)72-78-76-70(82-72)54-25-11-4-12-26-54/h1-48H. The van der Waals surface area contributed by atoms with E-state index in [1.807, 2.05) is 121 Å². The van der Waals surface area contributed by atoms with Crippen LogP contribution in [0.25, 0.3) is 102 Å². The lowest BCUT2D eigenvalue weighted by atomic mass is 10.00. The highest BCUT2D eigenvalue weighted by Gasteiger charge is 2.23. The first kappa shape index (κ1) is 49.0. The molecule has 0 saturated carbocycles. The number of hydrogen-bond donors (Lipinski definition) is 0. The summed E-state index contributed by atoms with van der Waals surface area (Å²) in [7, 11) is 0. The van der Waals surface area contributed by atoms with E-state index in [1.54, 1.807) is 0 Å². The van der Waals surface area contributed by atoms with Gasteiger partial charge in [-0.15, -0.1) is 20.4 Å². The van der Waals surface area contributed by atoms with Crippen molar-refractivity contribution in [2.24, 2.45) is 0 Å². The molecule has 11 aromatic carbocycles. The van der Waals surface area contributed by atoms with Crippen molar-refractivity contribution in [1.29, 1.82) is 0 Å². The lowest BCUT2D eigenvalue weighted by molar-refractivity contribution is 0.584. The van der Waals surface area contributed by atoms with Crippen LogP contribution in [0, 0.1) is 0 Å². The Kier molecular flexibility index (Phi) is 13.0. The fourth-order valence-electron chi connectivity index (χ4n) is 10.4. The van der Waals surface area contributed by atoms with Gasteiger partial charge in [-0.1, -0.05) is 170 Å². The normalized spacial score (nSPS) is 11.2. The molecule has 10 heteroatoms. The summed E-state index contributed by atoms with van der Waals surface area (Å²) in [4.78, 5) is 15.3. The average Bonchev–Trinajstić information content (AvgIpc) is 4.37. The highest BCUT2D eigenvalue weighted by Crippen LogP contribution is 2.45. The van der Waals surface area contributed by atoms with Gasteiger partial charge >= 0.3 is 0 Å². The first-order chi connectivity index (χ1) is 40.6. The Hall–Kier alpha value is -11.4. The monoisotopic (exact) mass is 1060 g/mol. The second-order valence-corrected chi connectivity index (χ2v) is 19.6. The number of anilines is 6. The molecule has 388 valence electrons. The van der Waals surface area contributed by atoms with Crippen LogP contribution in [0.4, 0.5) is 34.1 Å². The third-order valence-corrected chi connectivity index (χ3v) is 14.5. The van der Waals surface area contributed by atoms with E-state index in [9.17, 15) is 0 Å². The Bertz CT molecular complexity index is 4190. The molecule has 0 bridgehead atoms. The van der Waals surface area contributed by atoms with Crippen LogP contribution in [-0.2, 0) is 0 Å². The summed E-state index contributed by atoms with van der Waals surface area (Å²) >= 11 is 0. The molecule has 0 atom stereocenters. The van der Waals surface area contributed by atoms with E-state index in [2.05, 4.69) is 200 Å². The van der Waals surface area contributed by atoms with Crippen molar-refractivity contribution >= 4 is 45.2 Å². The summed E-state index contributed by atoms with van der Waals surface area (Å²) in [6.45, 7) is 0. The maximum Gasteiger partial charge on any atom is 0.248 e. The smallest absolute Gasteiger partial charge is 0.248 e. The zero-order valence-electron chi connectivity index (χ0n) is 44.1. The molecule has 3 heterocycles. The van der Waals surface area contributed by atoms with Gasteiger partial charge < -0.3 is 18.6 Å². The molecule has 82 heavy (non-hydrogen) atoms. The first-order valence-corrected chi connectivity index (χ1v) is 27.0. The van der Waals surface area contributed by atoms with Gasteiger partial charge in [0.2, 0.25) is 23.6 Å². The fraction of sp³-hybridized carbons (Fsp3) is 0. The summed E-state index contributed by atoms with van der Waals surface area (Å²) in [6, 6.07) is 99.4. The number of hydrogen-bond acceptors (Lipinski definition) is 10. The van der Waals surface area contributed by atoms with Crippen molar-refractivity contribution in [3.8, 4) is 90.6 Å². The van der Waals surface area contributed by atoms with Crippen molar-refractivity contribution in [3.05, 3.63) is 291 Å². The average molecular weight is 1060 g/mol. The molecule has 0 aliphatic rings. The third kappa shape index (κ3) is 9.73. The molecule has 0 unspecified atom stereocenters. The van der Waals surface area contributed by atoms with Gasteiger partial charge in [0.1, 0.15) is 0 Å². The van der Waals surface area contributed by atoms with Crippen LogP contribution in [0.15, 0.2) is 300 Å². The fourth-order valence-corrected chi connectivity index (χ4v) is 10.4. The van der Waals surface area contributed by atoms with Crippen molar-refractivity contribution in [3.63, 3.8) is 0 Å². The predicted octanol–water partition coefficient (Wildman–Crippen LogP) is 18.7. The van der Waals surface area contributed by atoms with E-state index < -0.39 is 0 Å². The molecular weight excluding hydrogens is 1010 g/mol. The maximum absolute atomic E-state index is 6.17. The van der Waals surface area contributed by atoms with Crippen molar-refractivity contribution in [1.82, 2.24) is 30.4 Å². The lowest BCUT2D eigenvalue weighted by Crippen LogP contribution is -2.11. The van der Waals surface area contributed by atoms with Crippen LogP contribution in [0.3, 0.4) is 0 Å². The predicted molar refractivity (Wildman–Crippen MR) is 328 cm³/mol. The molecule has 14 rings (SSSR count). The van der Waals surface area contributed by atoms with Crippen LogP contribution in [-0.4, -0.2) is 30.4 Å². The van der Waals surface area contributed by atoms with E-state index in [-0.39, 0.29) is 0 Å². The zero-order valence-corrected chi connectivity index (χ0v) is 44.1. The van der Waals surface area contributed by atoms with Gasteiger partial charge in [0, 0.05) is 67.3 Å². The Morgan fingerprint density at radius 2 is 0.476 bits per heavy atom. The molecular formula is C72H48N8O2. The number of nitrogens with zero attached hydrogens (tertiary/aromatic N) is 8. The molecule has 0 radical (unpaired) electrons. The van der Waals surface area contributed by atoms with Crippen LogP contribution >= 0.6 is 0 Å². The second kappa shape index (κ2) is 21.8. The van der Waals surface area contributed by atoms with Crippen molar-refractivity contribution < 1.29 is 8.83 Å². The van der Waals surface area contributed by atoms with Crippen molar-refractivity contribution in [2.75, 3.05) is 9.80 Å². The van der Waals surface area contributed by atoms with Crippen LogP contribution in [0.1, 0.15) is 0 Å². The SMILES string of the molecule is c1ccc(-c2nnc(-c3ccc(N(c4ccc(-c5nc6ccccc6nc5-c5ccc(N(c6ccc(-c7nnc(-c8ccccc8)o7)cc6)c6ccccc6-c6ccccc6)cc5)cc4)c4ccccc4-c4ccccc4)cc3)o2)cc1. The maximum atomic E-state index is 6.17. The van der Waals surface area contributed by atoms with Crippen LogP contribution in [0.2, 0.25) is 0 Å². The molecule has 0 N–H and O–H groups in total. The molecule has 0 amide bonds. The van der Waals surface area contributed by atoms with E-state index in [0.717, 1.165) is 112 Å². The zero-order chi connectivity index (χ0) is 54.6. The van der Waals surface area contributed by atoms with E-state index in [1.165, 1.54) is 0 Å². The highest BCUT2D eigenvalue weighted by atomic mass is 16.4. The molecule has 10 nitrogen and oxygen atoms in total. The largest absolute Gasteiger partial charge is 0.416 e. The minimum absolute atomic E-state index is 0.448. The first-order valence-electron chi connectivity index (χ1n) is 27.0. The quantitative estimate of drug-likeness (QED) is 0.104. The summed E-state index contributed by atoms with van der Waals surface area (Å²) in [5, 5.41) is 17.5. The number of fused-ring (bicyclic) bond motifs is 1. The minimum atomic E-state index is 0.448. The Balaban J connectivity index is 0.832. The van der Waals surface area contributed by atoms with E-state index >= 15 is 0 Å². The number of aromatic nitrogens is 6. The second-order valence-electron chi connectivity index (χ2n) is 19.6. The summed E-state index contributed by atoms with van der Waals surface area (Å²) in [6.07, 6.45) is 0. The summed E-state index contributed by atoms with van der Waals surface area (Å²) in [5.74, 6) is 1.84. The third-order valence-electron chi connectivity index (χ3n) is 14.5. The molecule has 0 aliphatic heterocycles. The van der Waals surface area contributed by atoms with Gasteiger partial charge in [0.05, 0.1) is 33.8 Å². The lowest BCUT2D eigenvalue weighted by Gasteiger charge is -2.28. The van der Waals surface area contributed by atoms with Gasteiger partial charge in [-0.2, -0.15) is 0 Å². The molecule has 0 aliphatic carbocycles. The van der Waals surface area contributed by atoms with E-state index in [0.29, 0.717) is 23.6 Å². The molecule has 14 aromatic rings. The van der Waals surface area contributed by atoms with E-state index in [4.69, 9.17) is 18.8 Å². The Morgan fingerprint density at radius 1 is 0.220 bits per heavy atom. The molecule has 0 spiro atoms. The van der Waals surface area contributed by atoms with Gasteiger partial charge in [-0.3, -0.25) is 0 Å². The topological polar surface area (TPSA) is 110 Å². The molecule has 0 saturated heterocycles. The van der Waals surface area contributed by atoms with Crippen LogP contribution < -0.4 is 9.80 Å². The minimum Gasteiger partial charge on any atom is -0.416 e.